The van der Waals surface area contributed by atoms with Gasteiger partial charge in [0.2, 0.25) is 0 Å². The molecule has 2 N–H and O–H groups in total. The van der Waals surface area contributed by atoms with Gasteiger partial charge in [0.1, 0.15) is 5.84 Å². The van der Waals surface area contributed by atoms with E-state index >= 15 is 0 Å². The lowest BCUT2D eigenvalue weighted by Gasteiger charge is -2.07. The molecular weight excluding hydrogens is 184 g/mol. The first-order chi connectivity index (χ1) is 6.20. The van der Waals surface area contributed by atoms with E-state index in [-0.39, 0.29) is 0 Å². The number of nitrogens with two attached hydrogens (primary N) is 1. The van der Waals surface area contributed by atoms with E-state index in [1.165, 1.54) is 6.42 Å². The summed E-state index contributed by atoms with van der Waals surface area (Å²) in [4.78, 5) is 4.17. The van der Waals surface area contributed by atoms with E-state index in [0.29, 0.717) is 18.4 Å². The molecule has 0 fully saturated rings. The molecule has 0 bridgehead atoms. The largest absolute Gasteiger partial charge is 0.387 e. The van der Waals surface area contributed by atoms with Crippen LogP contribution < -0.4 is 5.73 Å². The summed E-state index contributed by atoms with van der Waals surface area (Å²) < 4.78 is 4.87. The summed E-state index contributed by atoms with van der Waals surface area (Å²) in [5, 5.41) is 0.663. The molecule has 0 saturated carbocycles. The van der Waals surface area contributed by atoms with Gasteiger partial charge in [-0.15, -0.1) is 0 Å². The van der Waals surface area contributed by atoms with Gasteiger partial charge in [0.05, 0.1) is 18.9 Å². The summed E-state index contributed by atoms with van der Waals surface area (Å²) in [6, 6.07) is 0. The van der Waals surface area contributed by atoms with E-state index in [0.717, 1.165) is 11.6 Å². The summed E-state index contributed by atoms with van der Waals surface area (Å²) >= 11 is 1.85. The minimum atomic E-state index is 0.648. The molecule has 0 amide bonds. The molecule has 3 nitrogen and oxygen atoms in total. The SMILES string of the molecule is CCC(C)SCC(N)=NCCOC. The van der Waals surface area contributed by atoms with Gasteiger partial charge < -0.3 is 10.5 Å². The van der Waals surface area contributed by atoms with Crippen LogP contribution in [-0.2, 0) is 4.74 Å². The molecule has 1 unspecified atom stereocenters. The van der Waals surface area contributed by atoms with Crippen molar-refractivity contribution in [2.75, 3.05) is 26.0 Å². The smallest absolute Gasteiger partial charge is 0.104 e. The molecule has 0 aliphatic heterocycles. The molecule has 0 heterocycles. The van der Waals surface area contributed by atoms with Gasteiger partial charge in [-0.25, -0.2) is 0 Å². The zero-order chi connectivity index (χ0) is 10.1. The molecular formula is C9H20N2OS. The highest BCUT2D eigenvalue weighted by Crippen LogP contribution is 2.12. The van der Waals surface area contributed by atoms with Crippen LogP contribution in [0.25, 0.3) is 0 Å². The number of thioether (sulfide) groups is 1. The fourth-order valence-electron chi connectivity index (χ4n) is 0.672. The molecule has 0 saturated heterocycles. The molecule has 0 aromatic carbocycles. The van der Waals surface area contributed by atoms with E-state index in [2.05, 4.69) is 18.8 Å². The molecule has 0 rings (SSSR count). The Labute approximate surface area is 85.1 Å². The number of nitrogens with zero attached hydrogens (tertiary/aromatic N) is 1. The lowest BCUT2D eigenvalue weighted by molar-refractivity contribution is 0.208. The number of hydrogen-bond donors (Lipinski definition) is 1. The van der Waals surface area contributed by atoms with Crippen molar-refractivity contribution in [1.29, 1.82) is 0 Å². The normalized spacial score (nSPS) is 14.5. The quantitative estimate of drug-likeness (QED) is 0.388. The predicted molar refractivity (Wildman–Crippen MR) is 60.6 cm³/mol. The van der Waals surface area contributed by atoms with Crippen LogP contribution in [0.3, 0.4) is 0 Å². The highest BCUT2D eigenvalue weighted by molar-refractivity contribution is 8.00. The van der Waals surface area contributed by atoms with Crippen molar-refractivity contribution in [2.24, 2.45) is 10.7 Å². The van der Waals surface area contributed by atoms with Crippen LogP contribution in [-0.4, -0.2) is 37.1 Å². The van der Waals surface area contributed by atoms with Gasteiger partial charge in [-0.1, -0.05) is 13.8 Å². The first-order valence-corrected chi connectivity index (χ1v) is 5.64. The fourth-order valence-corrected chi connectivity index (χ4v) is 1.45. The van der Waals surface area contributed by atoms with Crippen molar-refractivity contribution in [2.45, 2.75) is 25.5 Å². The Morgan fingerprint density at radius 1 is 1.62 bits per heavy atom. The van der Waals surface area contributed by atoms with E-state index in [4.69, 9.17) is 10.5 Å². The third kappa shape index (κ3) is 8.12. The van der Waals surface area contributed by atoms with Gasteiger partial charge in [0, 0.05) is 12.4 Å². The molecule has 78 valence electrons. The van der Waals surface area contributed by atoms with Gasteiger partial charge in [-0.3, -0.25) is 4.99 Å². The number of hydrogen-bond acceptors (Lipinski definition) is 3. The average Bonchev–Trinajstić information content (AvgIpc) is 2.14. The molecule has 4 heteroatoms. The van der Waals surface area contributed by atoms with Crippen molar-refractivity contribution in [3.63, 3.8) is 0 Å². The number of ether oxygens (including phenoxy) is 1. The van der Waals surface area contributed by atoms with Gasteiger partial charge in [-0.2, -0.15) is 11.8 Å². The van der Waals surface area contributed by atoms with Crippen LogP contribution in [0.4, 0.5) is 0 Å². The van der Waals surface area contributed by atoms with Crippen molar-refractivity contribution >= 4 is 17.6 Å². The van der Waals surface area contributed by atoms with Gasteiger partial charge >= 0.3 is 0 Å². The zero-order valence-electron chi connectivity index (χ0n) is 8.75. The maximum absolute atomic E-state index is 5.69. The Morgan fingerprint density at radius 3 is 2.85 bits per heavy atom. The molecule has 0 aromatic heterocycles. The molecule has 0 aliphatic carbocycles. The first-order valence-electron chi connectivity index (χ1n) is 4.60. The van der Waals surface area contributed by atoms with Crippen molar-refractivity contribution in [1.82, 2.24) is 0 Å². The van der Waals surface area contributed by atoms with E-state index in [1.807, 2.05) is 11.8 Å². The first kappa shape index (κ1) is 12.8. The number of aliphatic imine (C=N–C) groups is 1. The topological polar surface area (TPSA) is 47.6 Å². The van der Waals surface area contributed by atoms with Crippen LogP contribution in [0.1, 0.15) is 20.3 Å². The van der Waals surface area contributed by atoms with E-state index < -0.39 is 0 Å². The highest BCUT2D eigenvalue weighted by atomic mass is 32.2. The van der Waals surface area contributed by atoms with E-state index in [9.17, 15) is 0 Å². The summed E-state index contributed by atoms with van der Waals surface area (Å²) in [5.41, 5.74) is 5.69. The third-order valence-electron chi connectivity index (χ3n) is 1.70. The molecule has 0 aliphatic rings. The number of rotatable bonds is 7. The van der Waals surface area contributed by atoms with Gasteiger partial charge in [0.25, 0.3) is 0 Å². The maximum atomic E-state index is 5.69. The Hall–Kier alpha value is -0.220. The summed E-state index contributed by atoms with van der Waals surface area (Å²) in [5.74, 6) is 1.56. The zero-order valence-corrected chi connectivity index (χ0v) is 9.56. The molecule has 13 heavy (non-hydrogen) atoms. The Morgan fingerprint density at radius 2 is 2.31 bits per heavy atom. The Kier molecular flexibility index (Phi) is 8.24. The lowest BCUT2D eigenvalue weighted by atomic mass is 10.4. The summed E-state index contributed by atoms with van der Waals surface area (Å²) in [7, 11) is 1.67. The minimum absolute atomic E-state index is 0.648. The predicted octanol–water partition coefficient (Wildman–Crippen LogP) is 1.52. The fraction of sp³-hybridized carbons (Fsp3) is 0.889. The molecule has 1 atom stereocenters. The summed E-state index contributed by atoms with van der Waals surface area (Å²) in [6.07, 6.45) is 1.18. The lowest BCUT2D eigenvalue weighted by Crippen LogP contribution is -2.17. The minimum Gasteiger partial charge on any atom is -0.387 e. The standard InChI is InChI=1S/C9H20N2OS/c1-4-8(2)13-7-9(10)11-5-6-12-3/h8H,4-7H2,1-3H3,(H2,10,11). The van der Waals surface area contributed by atoms with Crippen LogP contribution in [0, 0.1) is 0 Å². The van der Waals surface area contributed by atoms with E-state index in [1.54, 1.807) is 7.11 Å². The second-order valence-corrected chi connectivity index (χ2v) is 4.32. The molecule has 0 radical (unpaired) electrons. The number of methoxy groups -OCH3 is 1. The van der Waals surface area contributed by atoms with Crippen LogP contribution in [0.2, 0.25) is 0 Å². The third-order valence-corrected chi connectivity index (χ3v) is 3.07. The Bertz CT molecular complexity index is 151. The van der Waals surface area contributed by atoms with Crippen molar-refractivity contribution in [3.05, 3.63) is 0 Å². The second kappa shape index (κ2) is 8.38. The Balaban J connectivity index is 3.48. The van der Waals surface area contributed by atoms with Gasteiger partial charge in [-0.05, 0) is 6.42 Å². The van der Waals surface area contributed by atoms with Crippen molar-refractivity contribution < 1.29 is 4.74 Å². The van der Waals surface area contributed by atoms with Crippen LogP contribution in [0.15, 0.2) is 4.99 Å². The highest BCUT2D eigenvalue weighted by Gasteiger charge is 1.99. The summed E-state index contributed by atoms with van der Waals surface area (Å²) in [6.45, 7) is 5.70. The average molecular weight is 204 g/mol. The van der Waals surface area contributed by atoms with Crippen LogP contribution in [0.5, 0.6) is 0 Å². The van der Waals surface area contributed by atoms with Crippen molar-refractivity contribution in [3.8, 4) is 0 Å². The van der Waals surface area contributed by atoms with Crippen LogP contribution >= 0.6 is 11.8 Å². The molecule has 0 spiro atoms. The monoisotopic (exact) mass is 204 g/mol. The maximum Gasteiger partial charge on any atom is 0.104 e. The number of amidine groups is 1. The second-order valence-electron chi connectivity index (χ2n) is 2.90. The molecule has 0 aromatic rings. The van der Waals surface area contributed by atoms with Gasteiger partial charge in [0.15, 0.2) is 0 Å².